The predicted octanol–water partition coefficient (Wildman–Crippen LogP) is 1.34. The van der Waals surface area contributed by atoms with Crippen LogP contribution in [0.15, 0.2) is 0 Å². The molecule has 0 saturated carbocycles. The molecular formula is C10H23NO2Si. The molecule has 0 aliphatic carbocycles. The van der Waals surface area contributed by atoms with Crippen molar-refractivity contribution in [3.63, 3.8) is 0 Å². The van der Waals surface area contributed by atoms with Crippen molar-refractivity contribution in [3.8, 4) is 0 Å². The first kappa shape index (κ1) is 12.2. The average molecular weight is 217 g/mol. The normalized spacial score (nSPS) is 29.6. The number of hydrogen-bond donors (Lipinski definition) is 2. The zero-order valence-corrected chi connectivity index (χ0v) is 10.9. The Hall–Kier alpha value is 0.0969. The fraction of sp³-hybridized carbons (Fsp3) is 1.00. The molecule has 84 valence electrons. The Labute approximate surface area is 88.0 Å². The lowest BCUT2D eigenvalue weighted by Gasteiger charge is -2.38. The molecule has 4 heteroatoms. The molecule has 2 N–H and O–H groups in total. The van der Waals surface area contributed by atoms with E-state index in [1.165, 1.54) is 0 Å². The van der Waals surface area contributed by atoms with Crippen LogP contribution >= 0.6 is 0 Å². The number of β-amino-alcohol motifs (C(OH)–C–C–N with tert-alkyl or cyclic N) is 1. The third-order valence-corrected chi connectivity index (χ3v) is 7.88. The smallest absolute Gasteiger partial charge is 0.192 e. The highest BCUT2D eigenvalue weighted by Gasteiger charge is 2.41. The van der Waals surface area contributed by atoms with Crippen molar-refractivity contribution in [1.82, 2.24) is 5.32 Å². The van der Waals surface area contributed by atoms with Crippen LogP contribution in [0.4, 0.5) is 0 Å². The molecule has 2 atom stereocenters. The standard InChI is InChI=1S/C10H23NO2Si/c1-10(2,3)14(4,5)13-9-7-11-6-8(9)12/h8-9,11-12H,6-7H2,1-5H3/t8-,9-/m0/s1. The first-order valence-corrected chi connectivity index (χ1v) is 8.21. The summed E-state index contributed by atoms with van der Waals surface area (Å²) in [5.41, 5.74) is 0. The number of rotatable bonds is 2. The zero-order valence-electron chi connectivity index (χ0n) is 9.92. The van der Waals surface area contributed by atoms with Gasteiger partial charge < -0.3 is 14.8 Å². The predicted molar refractivity (Wildman–Crippen MR) is 60.9 cm³/mol. The van der Waals surface area contributed by atoms with Crippen molar-refractivity contribution in [2.75, 3.05) is 13.1 Å². The fourth-order valence-corrected chi connectivity index (χ4v) is 2.67. The van der Waals surface area contributed by atoms with Gasteiger partial charge in [-0.2, -0.15) is 0 Å². The molecule has 0 radical (unpaired) electrons. The Bertz CT molecular complexity index is 201. The van der Waals surface area contributed by atoms with Crippen LogP contribution in [0.5, 0.6) is 0 Å². The molecule has 0 unspecified atom stereocenters. The largest absolute Gasteiger partial charge is 0.410 e. The van der Waals surface area contributed by atoms with Gasteiger partial charge in [0.1, 0.15) is 0 Å². The first-order valence-electron chi connectivity index (χ1n) is 5.30. The van der Waals surface area contributed by atoms with Gasteiger partial charge in [0.2, 0.25) is 0 Å². The van der Waals surface area contributed by atoms with Crippen LogP contribution in [0.1, 0.15) is 20.8 Å². The van der Waals surface area contributed by atoms with Crippen LogP contribution in [0, 0.1) is 0 Å². The molecule has 0 amide bonds. The molecule has 14 heavy (non-hydrogen) atoms. The Kier molecular flexibility index (Phi) is 3.41. The monoisotopic (exact) mass is 217 g/mol. The first-order chi connectivity index (χ1) is 6.24. The van der Waals surface area contributed by atoms with Gasteiger partial charge >= 0.3 is 0 Å². The summed E-state index contributed by atoms with van der Waals surface area (Å²) in [7, 11) is -1.71. The van der Waals surface area contributed by atoms with Crippen LogP contribution in [0.3, 0.4) is 0 Å². The molecule has 1 aliphatic heterocycles. The van der Waals surface area contributed by atoms with E-state index in [0.717, 1.165) is 6.54 Å². The highest BCUT2D eigenvalue weighted by molar-refractivity contribution is 6.74. The Morgan fingerprint density at radius 2 is 1.86 bits per heavy atom. The molecule has 3 nitrogen and oxygen atoms in total. The summed E-state index contributed by atoms with van der Waals surface area (Å²) < 4.78 is 6.10. The zero-order chi connectivity index (χ0) is 11.0. The molecule has 1 saturated heterocycles. The van der Waals surface area contributed by atoms with E-state index < -0.39 is 8.32 Å². The minimum Gasteiger partial charge on any atom is -0.410 e. The maximum Gasteiger partial charge on any atom is 0.192 e. The highest BCUT2D eigenvalue weighted by atomic mass is 28.4. The quantitative estimate of drug-likeness (QED) is 0.686. The second-order valence-electron chi connectivity index (χ2n) is 5.64. The molecule has 1 aliphatic rings. The lowest BCUT2D eigenvalue weighted by Crippen LogP contribution is -2.46. The SMILES string of the molecule is CC(C)(C)[Si](C)(C)O[C@H]1CNC[C@@H]1O. The van der Waals surface area contributed by atoms with Crippen LogP contribution in [-0.4, -0.2) is 38.7 Å². The maximum absolute atomic E-state index is 9.65. The van der Waals surface area contributed by atoms with Crippen molar-refractivity contribution in [2.24, 2.45) is 0 Å². The van der Waals surface area contributed by atoms with E-state index in [-0.39, 0.29) is 17.2 Å². The summed E-state index contributed by atoms with van der Waals surface area (Å²) in [5, 5.41) is 13.0. The Balaban J connectivity index is 2.58. The third kappa shape index (κ3) is 2.57. The molecule has 1 fully saturated rings. The second-order valence-corrected chi connectivity index (χ2v) is 10.4. The van der Waals surface area contributed by atoms with E-state index >= 15 is 0 Å². The fourth-order valence-electron chi connectivity index (χ4n) is 1.32. The second kappa shape index (κ2) is 3.93. The van der Waals surface area contributed by atoms with Crippen LogP contribution < -0.4 is 5.32 Å². The van der Waals surface area contributed by atoms with Gasteiger partial charge in [-0.3, -0.25) is 0 Å². The Morgan fingerprint density at radius 3 is 2.21 bits per heavy atom. The minimum absolute atomic E-state index is 0.00380. The van der Waals surface area contributed by atoms with Gasteiger partial charge in [0.25, 0.3) is 0 Å². The number of aliphatic hydroxyl groups is 1. The van der Waals surface area contributed by atoms with Gasteiger partial charge in [-0.1, -0.05) is 20.8 Å². The van der Waals surface area contributed by atoms with E-state index in [9.17, 15) is 5.11 Å². The molecule has 0 bridgehead atoms. The van der Waals surface area contributed by atoms with Crippen LogP contribution in [-0.2, 0) is 4.43 Å². The summed E-state index contributed by atoms with van der Waals surface area (Å²) >= 11 is 0. The summed E-state index contributed by atoms with van der Waals surface area (Å²) in [6.45, 7) is 12.5. The van der Waals surface area contributed by atoms with E-state index in [1.807, 2.05) is 0 Å². The Morgan fingerprint density at radius 1 is 1.29 bits per heavy atom. The van der Waals surface area contributed by atoms with E-state index in [0.29, 0.717) is 6.54 Å². The van der Waals surface area contributed by atoms with E-state index in [1.54, 1.807) is 0 Å². The summed E-state index contributed by atoms with van der Waals surface area (Å²) in [4.78, 5) is 0. The van der Waals surface area contributed by atoms with Crippen molar-refractivity contribution < 1.29 is 9.53 Å². The number of nitrogens with one attached hydrogen (secondary N) is 1. The maximum atomic E-state index is 9.65. The van der Waals surface area contributed by atoms with Crippen molar-refractivity contribution >= 4 is 8.32 Å². The van der Waals surface area contributed by atoms with Gasteiger partial charge in [0, 0.05) is 13.1 Å². The molecule has 1 heterocycles. The topological polar surface area (TPSA) is 41.5 Å². The van der Waals surface area contributed by atoms with Gasteiger partial charge in [-0.15, -0.1) is 0 Å². The minimum atomic E-state index is -1.71. The van der Waals surface area contributed by atoms with Crippen LogP contribution in [0.25, 0.3) is 0 Å². The third-order valence-electron chi connectivity index (χ3n) is 3.38. The molecule has 1 rings (SSSR count). The van der Waals surface area contributed by atoms with Crippen molar-refractivity contribution in [1.29, 1.82) is 0 Å². The lowest BCUT2D eigenvalue weighted by molar-refractivity contribution is 0.0643. The molecule has 0 aromatic rings. The van der Waals surface area contributed by atoms with Crippen molar-refractivity contribution in [2.45, 2.75) is 51.1 Å². The summed E-state index contributed by atoms with van der Waals surface area (Å²) in [6, 6.07) is 0. The molecular weight excluding hydrogens is 194 g/mol. The molecule has 0 spiro atoms. The highest BCUT2D eigenvalue weighted by Crippen LogP contribution is 2.37. The summed E-state index contributed by atoms with van der Waals surface area (Å²) in [5.74, 6) is 0. The van der Waals surface area contributed by atoms with Gasteiger partial charge in [0.05, 0.1) is 12.2 Å². The van der Waals surface area contributed by atoms with Crippen molar-refractivity contribution in [3.05, 3.63) is 0 Å². The van der Waals surface area contributed by atoms with Gasteiger partial charge in [-0.05, 0) is 18.1 Å². The van der Waals surface area contributed by atoms with Gasteiger partial charge in [0.15, 0.2) is 8.32 Å². The average Bonchev–Trinajstić information content (AvgIpc) is 2.33. The molecule has 0 aromatic heterocycles. The number of aliphatic hydroxyl groups excluding tert-OH is 1. The van der Waals surface area contributed by atoms with Gasteiger partial charge in [-0.25, -0.2) is 0 Å². The number of hydrogen-bond acceptors (Lipinski definition) is 3. The molecule has 0 aromatic carbocycles. The van der Waals surface area contributed by atoms with E-state index in [2.05, 4.69) is 39.2 Å². The summed E-state index contributed by atoms with van der Waals surface area (Å²) in [6.07, 6.45) is -0.333. The van der Waals surface area contributed by atoms with E-state index in [4.69, 9.17) is 4.43 Å². The van der Waals surface area contributed by atoms with Crippen LogP contribution in [0.2, 0.25) is 18.1 Å². The lowest BCUT2D eigenvalue weighted by atomic mass is 10.2.